The molecular weight excluding hydrogens is 707 g/mol. The highest BCUT2D eigenvalue weighted by molar-refractivity contribution is 5.92. The van der Waals surface area contributed by atoms with Crippen LogP contribution < -0.4 is 4.74 Å². The van der Waals surface area contributed by atoms with Gasteiger partial charge in [-0.15, -0.1) is 0 Å². The van der Waals surface area contributed by atoms with E-state index in [1.165, 1.54) is 22.3 Å². The summed E-state index contributed by atoms with van der Waals surface area (Å²) >= 11 is 0. The maximum atomic E-state index is 9.61. The fraction of sp³-hybridized carbons (Fsp3) is 0.0185. The third-order valence-corrected chi connectivity index (χ3v) is 11.6. The van der Waals surface area contributed by atoms with Crippen molar-refractivity contribution < 1.29 is 4.74 Å². The van der Waals surface area contributed by atoms with Crippen molar-refractivity contribution in [2.75, 3.05) is 0 Å². The van der Waals surface area contributed by atoms with Gasteiger partial charge in [0.1, 0.15) is 11.5 Å². The van der Waals surface area contributed by atoms with Gasteiger partial charge in [0.2, 0.25) is 0 Å². The molecule has 0 saturated heterocycles. The highest BCUT2D eigenvalue weighted by atomic mass is 16.5. The number of rotatable bonds is 5. The first kappa shape index (κ1) is 33.5. The highest BCUT2D eigenvalue weighted by Crippen LogP contribution is 2.64. The van der Waals surface area contributed by atoms with E-state index in [-0.39, 0.29) is 0 Å². The minimum absolute atomic E-state index is 0.617. The van der Waals surface area contributed by atoms with Crippen LogP contribution in [0.2, 0.25) is 0 Å². The van der Waals surface area contributed by atoms with E-state index in [0.717, 1.165) is 73.0 Å². The van der Waals surface area contributed by atoms with Crippen LogP contribution in [0.3, 0.4) is 0 Å². The lowest BCUT2D eigenvalue weighted by Crippen LogP contribution is -2.32. The zero-order chi connectivity index (χ0) is 38.6. The molecule has 4 heteroatoms. The van der Waals surface area contributed by atoms with Crippen LogP contribution in [0, 0.1) is 11.3 Å². The Morgan fingerprint density at radius 3 is 1.40 bits per heavy atom. The molecule has 0 atom stereocenters. The van der Waals surface area contributed by atoms with Crippen LogP contribution >= 0.6 is 0 Å². The van der Waals surface area contributed by atoms with Gasteiger partial charge in [-0.2, -0.15) is 5.26 Å². The van der Waals surface area contributed by atoms with Gasteiger partial charge in [-0.25, -0.2) is 9.97 Å². The molecular formula is C54H33N3O. The van der Waals surface area contributed by atoms with Gasteiger partial charge < -0.3 is 4.74 Å². The Kier molecular flexibility index (Phi) is 7.74. The SMILES string of the molecule is N#Cc1ccc(-c2cccc3c2Oc2c(-c4cccc(-c5nc(-c6ccccc6)cc(-c6ccccc6)n5)c4)cccc2C32c3ccccc3-c3ccccc32)cc1. The number of benzene rings is 8. The van der Waals surface area contributed by atoms with E-state index in [1.54, 1.807) is 0 Å². The predicted octanol–water partition coefficient (Wildman–Crippen LogP) is 13.2. The Hall–Kier alpha value is -7.87. The number of hydrogen-bond acceptors (Lipinski definition) is 4. The highest BCUT2D eigenvalue weighted by Gasteiger charge is 2.51. The van der Waals surface area contributed by atoms with Gasteiger partial charge in [-0.1, -0.05) is 176 Å². The van der Waals surface area contributed by atoms with Gasteiger partial charge >= 0.3 is 0 Å². The van der Waals surface area contributed by atoms with Crippen LogP contribution in [0.5, 0.6) is 11.5 Å². The first-order valence-electron chi connectivity index (χ1n) is 19.5. The van der Waals surface area contributed by atoms with Crippen molar-refractivity contribution in [1.29, 1.82) is 5.26 Å². The number of para-hydroxylation sites is 2. The van der Waals surface area contributed by atoms with E-state index < -0.39 is 5.41 Å². The van der Waals surface area contributed by atoms with Crippen LogP contribution in [0.25, 0.3) is 67.3 Å². The summed E-state index contributed by atoms with van der Waals surface area (Å²) in [6.07, 6.45) is 0. The maximum Gasteiger partial charge on any atom is 0.160 e. The zero-order valence-electron chi connectivity index (χ0n) is 31.3. The number of aromatic nitrogens is 2. The molecule has 8 aromatic carbocycles. The van der Waals surface area contributed by atoms with Crippen LogP contribution in [-0.2, 0) is 5.41 Å². The molecule has 0 amide bonds. The van der Waals surface area contributed by atoms with Crippen LogP contribution in [0.4, 0.5) is 0 Å². The van der Waals surface area contributed by atoms with E-state index in [4.69, 9.17) is 14.7 Å². The minimum Gasteiger partial charge on any atom is -0.455 e. The Balaban J connectivity index is 1.14. The molecule has 0 fully saturated rings. The number of hydrogen-bond donors (Lipinski definition) is 0. The van der Waals surface area contributed by atoms with Crippen molar-refractivity contribution >= 4 is 0 Å². The van der Waals surface area contributed by atoms with Crippen LogP contribution in [-0.4, -0.2) is 9.97 Å². The molecule has 58 heavy (non-hydrogen) atoms. The van der Waals surface area contributed by atoms with Crippen LogP contribution in [0.15, 0.2) is 200 Å². The van der Waals surface area contributed by atoms with Crippen molar-refractivity contribution in [2.45, 2.75) is 5.41 Å². The lowest BCUT2D eigenvalue weighted by atomic mass is 9.65. The van der Waals surface area contributed by atoms with Crippen LogP contribution in [0.1, 0.15) is 27.8 Å². The van der Waals surface area contributed by atoms with Gasteiger partial charge in [0.25, 0.3) is 0 Å². The molecule has 11 rings (SSSR count). The van der Waals surface area contributed by atoms with Crippen molar-refractivity contribution in [3.63, 3.8) is 0 Å². The molecule has 0 radical (unpaired) electrons. The quantitative estimate of drug-likeness (QED) is 0.176. The second-order valence-electron chi connectivity index (χ2n) is 14.8. The van der Waals surface area contributed by atoms with Crippen molar-refractivity contribution in [2.24, 2.45) is 0 Å². The molecule has 0 N–H and O–H groups in total. The summed E-state index contributed by atoms with van der Waals surface area (Å²) in [4.78, 5) is 10.3. The summed E-state index contributed by atoms with van der Waals surface area (Å²) in [5.74, 6) is 2.27. The summed E-state index contributed by atoms with van der Waals surface area (Å²) in [5, 5.41) is 9.61. The lowest BCUT2D eigenvalue weighted by Gasteiger charge is -2.40. The predicted molar refractivity (Wildman–Crippen MR) is 231 cm³/mol. The van der Waals surface area contributed by atoms with Gasteiger partial charge in [-0.05, 0) is 57.6 Å². The Morgan fingerprint density at radius 1 is 0.379 bits per heavy atom. The first-order chi connectivity index (χ1) is 28.7. The molecule has 1 spiro atoms. The van der Waals surface area contributed by atoms with Gasteiger partial charge in [-0.3, -0.25) is 0 Å². The molecule has 2 aliphatic rings. The topological polar surface area (TPSA) is 58.8 Å². The Morgan fingerprint density at radius 2 is 0.828 bits per heavy atom. The molecule has 0 saturated carbocycles. The number of fused-ring (bicyclic) bond motifs is 9. The second-order valence-corrected chi connectivity index (χ2v) is 14.8. The average Bonchev–Trinajstić information content (AvgIpc) is 3.60. The molecule has 9 aromatic rings. The summed E-state index contributed by atoms with van der Waals surface area (Å²) < 4.78 is 7.33. The number of ether oxygens (including phenoxy) is 1. The van der Waals surface area contributed by atoms with Crippen molar-refractivity contribution in [3.05, 3.63) is 228 Å². The lowest BCUT2D eigenvalue weighted by molar-refractivity contribution is 0.440. The molecule has 4 nitrogen and oxygen atoms in total. The van der Waals surface area contributed by atoms with E-state index in [1.807, 2.05) is 60.7 Å². The smallest absolute Gasteiger partial charge is 0.160 e. The molecule has 1 aliphatic heterocycles. The summed E-state index contributed by atoms with van der Waals surface area (Å²) in [6.45, 7) is 0. The third kappa shape index (κ3) is 5.15. The zero-order valence-corrected chi connectivity index (χ0v) is 31.3. The normalized spacial score (nSPS) is 12.7. The van der Waals surface area contributed by atoms with Gasteiger partial charge in [0.15, 0.2) is 5.82 Å². The monoisotopic (exact) mass is 739 g/mol. The standard InChI is InChI=1S/C54H33N3O/c55-34-35-28-30-36(31-29-35)41-22-12-26-47-51(41)58-52-42(23-13-27-48(52)54(47)45-24-9-7-20-43(45)44-21-8-10-25-46(44)54)39-18-11-19-40(32-39)53-56-49(37-14-3-1-4-15-37)33-50(57-53)38-16-5-2-6-17-38/h1-33H. The Bertz CT molecular complexity index is 2990. The van der Waals surface area contributed by atoms with E-state index in [0.29, 0.717) is 11.4 Å². The van der Waals surface area contributed by atoms with Crippen molar-refractivity contribution in [1.82, 2.24) is 9.97 Å². The molecule has 1 aromatic heterocycles. The average molecular weight is 740 g/mol. The van der Waals surface area contributed by atoms with Crippen molar-refractivity contribution in [3.8, 4) is 84.9 Å². The fourth-order valence-corrected chi connectivity index (χ4v) is 9.04. The number of nitrogens with zero attached hydrogens (tertiary/aromatic N) is 3. The molecule has 270 valence electrons. The van der Waals surface area contributed by atoms with E-state index in [2.05, 4.69) is 146 Å². The molecule has 2 heterocycles. The van der Waals surface area contributed by atoms with E-state index >= 15 is 0 Å². The molecule has 1 aliphatic carbocycles. The fourth-order valence-electron chi connectivity index (χ4n) is 9.04. The second kappa shape index (κ2) is 13.4. The van der Waals surface area contributed by atoms with Gasteiger partial charge in [0, 0.05) is 38.9 Å². The van der Waals surface area contributed by atoms with E-state index in [9.17, 15) is 5.26 Å². The first-order valence-corrected chi connectivity index (χ1v) is 19.5. The largest absolute Gasteiger partial charge is 0.455 e. The number of nitriles is 1. The maximum absolute atomic E-state index is 9.61. The minimum atomic E-state index is -0.649. The summed E-state index contributed by atoms with van der Waals surface area (Å²) in [7, 11) is 0. The van der Waals surface area contributed by atoms with Gasteiger partial charge in [0.05, 0.1) is 28.4 Å². The Labute approximate surface area is 337 Å². The molecule has 0 bridgehead atoms. The third-order valence-electron chi connectivity index (χ3n) is 11.6. The summed E-state index contributed by atoms with van der Waals surface area (Å²) in [5.41, 5.74) is 15.7. The summed E-state index contributed by atoms with van der Waals surface area (Å²) in [6, 6.07) is 71.7. The molecule has 0 unspecified atom stereocenters.